The van der Waals surface area contributed by atoms with Crippen molar-refractivity contribution < 1.29 is 9.53 Å². The van der Waals surface area contributed by atoms with Crippen LogP contribution < -0.4 is 5.32 Å². The molecule has 0 aromatic rings. The topological polar surface area (TPSA) is 41.6 Å². The number of carbonyl (C=O) groups excluding carboxylic acids is 1. The van der Waals surface area contributed by atoms with E-state index in [1.807, 2.05) is 0 Å². The number of carbonyl (C=O) groups is 1. The van der Waals surface area contributed by atoms with Gasteiger partial charge in [-0.2, -0.15) is 11.8 Å². The van der Waals surface area contributed by atoms with Gasteiger partial charge in [-0.3, -0.25) is 4.79 Å². The van der Waals surface area contributed by atoms with E-state index in [-0.39, 0.29) is 11.8 Å². The van der Waals surface area contributed by atoms with E-state index in [1.165, 1.54) is 50.3 Å². The molecule has 0 aromatic heterocycles. The van der Waals surface area contributed by atoms with Crippen LogP contribution in [0.1, 0.15) is 32.1 Å². The van der Waals surface area contributed by atoms with Crippen LogP contribution in [0.2, 0.25) is 0 Å². The molecule has 0 bridgehead atoms. The summed E-state index contributed by atoms with van der Waals surface area (Å²) in [6.45, 7) is 4.68. The van der Waals surface area contributed by atoms with Crippen LogP contribution in [0.5, 0.6) is 0 Å². The third kappa shape index (κ3) is 4.36. The van der Waals surface area contributed by atoms with Crippen molar-refractivity contribution in [3.63, 3.8) is 0 Å². The van der Waals surface area contributed by atoms with Crippen molar-refractivity contribution in [3.8, 4) is 0 Å². The van der Waals surface area contributed by atoms with Crippen molar-refractivity contribution in [1.29, 1.82) is 0 Å². The number of nitrogens with zero attached hydrogens (tertiary/aromatic N) is 1. The molecule has 4 nitrogen and oxygen atoms in total. The average Bonchev–Trinajstić information content (AvgIpc) is 3.08. The van der Waals surface area contributed by atoms with Crippen LogP contribution in [-0.2, 0) is 9.53 Å². The van der Waals surface area contributed by atoms with Gasteiger partial charge in [0.1, 0.15) is 0 Å². The summed E-state index contributed by atoms with van der Waals surface area (Å²) in [7, 11) is 0. The molecule has 0 radical (unpaired) electrons. The number of hydrogen-bond donors (Lipinski definition) is 1. The predicted octanol–water partition coefficient (Wildman–Crippen LogP) is 1.75. The molecule has 3 rings (SSSR count). The number of nitrogens with one attached hydrogen (secondary N) is 1. The van der Waals surface area contributed by atoms with Gasteiger partial charge in [-0.15, -0.1) is 0 Å². The molecule has 21 heavy (non-hydrogen) atoms. The Balaban J connectivity index is 1.34. The standard InChI is InChI=1S/C16H28N2O2S/c19-16(14-3-8-20-12-14)17-11-13-1-6-18(7-2-13)15-4-9-21-10-5-15/h13-15H,1-12H2,(H,17,19). The monoisotopic (exact) mass is 312 g/mol. The molecular formula is C16H28N2O2S. The van der Waals surface area contributed by atoms with Crippen molar-refractivity contribution in [2.45, 2.75) is 38.1 Å². The Hall–Kier alpha value is -0.260. The van der Waals surface area contributed by atoms with Gasteiger partial charge < -0.3 is 15.0 Å². The summed E-state index contributed by atoms with van der Waals surface area (Å²) in [6.07, 6.45) is 6.11. The van der Waals surface area contributed by atoms with Crippen LogP contribution in [0.3, 0.4) is 0 Å². The minimum atomic E-state index is 0.102. The Kier molecular flexibility index (Phi) is 5.83. The predicted molar refractivity (Wildman–Crippen MR) is 86.6 cm³/mol. The van der Waals surface area contributed by atoms with E-state index in [1.54, 1.807) is 0 Å². The Morgan fingerprint density at radius 3 is 2.57 bits per heavy atom. The lowest BCUT2D eigenvalue weighted by Gasteiger charge is -2.39. The van der Waals surface area contributed by atoms with Crippen molar-refractivity contribution in [1.82, 2.24) is 10.2 Å². The van der Waals surface area contributed by atoms with Crippen LogP contribution in [0.25, 0.3) is 0 Å². The molecule has 1 atom stereocenters. The first-order chi connectivity index (χ1) is 10.3. The number of piperidine rings is 1. The largest absolute Gasteiger partial charge is 0.381 e. The molecule has 5 heteroatoms. The van der Waals surface area contributed by atoms with E-state index in [9.17, 15) is 4.79 Å². The van der Waals surface area contributed by atoms with Crippen molar-refractivity contribution in [3.05, 3.63) is 0 Å². The second kappa shape index (κ2) is 7.84. The van der Waals surface area contributed by atoms with E-state index in [4.69, 9.17) is 4.74 Å². The van der Waals surface area contributed by atoms with Crippen LogP contribution in [0, 0.1) is 11.8 Å². The Bertz CT molecular complexity index is 333. The molecule has 0 spiro atoms. The fraction of sp³-hybridized carbons (Fsp3) is 0.938. The first-order valence-corrected chi connectivity index (χ1v) is 9.65. The molecule has 3 saturated heterocycles. The molecule has 1 unspecified atom stereocenters. The highest BCUT2D eigenvalue weighted by Crippen LogP contribution is 2.26. The van der Waals surface area contributed by atoms with Crippen molar-refractivity contribution >= 4 is 17.7 Å². The van der Waals surface area contributed by atoms with Crippen LogP contribution in [-0.4, -0.2) is 61.2 Å². The summed E-state index contributed by atoms with van der Waals surface area (Å²) in [4.78, 5) is 14.7. The van der Waals surface area contributed by atoms with Crippen molar-refractivity contribution in [2.24, 2.45) is 11.8 Å². The molecule has 1 amide bonds. The third-order valence-electron chi connectivity index (χ3n) is 5.22. The molecular weight excluding hydrogens is 284 g/mol. The Labute approximate surface area is 132 Å². The fourth-order valence-electron chi connectivity index (χ4n) is 3.70. The zero-order chi connectivity index (χ0) is 14.5. The second-order valence-electron chi connectivity index (χ2n) is 6.63. The first kappa shape index (κ1) is 15.6. The zero-order valence-corrected chi connectivity index (χ0v) is 13.7. The third-order valence-corrected chi connectivity index (χ3v) is 6.27. The van der Waals surface area contributed by atoms with Gasteiger partial charge in [0.15, 0.2) is 0 Å². The number of amides is 1. The van der Waals surface area contributed by atoms with E-state index in [2.05, 4.69) is 22.0 Å². The van der Waals surface area contributed by atoms with Crippen LogP contribution in [0.4, 0.5) is 0 Å². The summed E-state index contributed by atoms with van der Waals surface area (Å²) >= 11 is 2.10. The van der Waals surface area contributed by atoms with Gasteiger partial charge in [-0.25, -0.2) is 0 Å². The molecule has 1 N–H and O–H groups in total. The second-order valence-corrected chi connectivity index (χ2v) is 7.85. The van der Waals surface area contributed by atoms with Gasteiger partial charge in [-0.05, 0) is 62.6 Å². The van der Waals surface area contributed by atoms with Gasteiger partial charge in [0, 0.05) is 19.2 Å². The highest BCUT2D eigenvalue weighted by Gasteiger charge is 2.28. The summed E-state index contributed by atoms with van der Waals surface area (Å²) in [5.41, 5.74) is 0. The van der Waals surface area contributed by atoms with Crippen LogP contribution >= 0.6 is 11.8 Å². The smallest absolute Gasteiger partial charge is 0.225 e. The summed E-state index contributed by atoms with van der Waals surface area (Å²) in [5.74, 6) is 3.66. The number of hydrogen-bond acceptors (Lipinski definition) is 4. The highest BCUT2D eigenvalue weighted by atomic mass is 32.2. The van der Waals surface area contributed by atoms with E-state index < -0.39 is 0 Å². The van der Waals surface area contributed by atoms with Gasteiger partial charge in [0.2, 0.25) is 5.91 Å². The van der Waals surface area contributed by atoms with Crippen LogP contribution in [0.15, 0.2) is 0 Å². The number of likely N-dealkylation sites (tertiary alicyclic amines) is 1. The molecule has 3 fully saturated rings. The van der Waals surface area contributed by atoms with Gasteiger partial charge in [-0.1, -0.05) is 0 Å². The zero-order valence-electron chi connectivity index (χ0n) is 12.9. The van der Waals surface area contributed by atoms with Gasteiger partial charge in [0.05, 0.1) is 12.5 Å². The molecule has 3 aliphatic heterocycles. The average molecular weight is 312 g/mol. The minimum Gasteiger partial charge on any atom is -0.381 e. The normalized spacial score (nSPS) is 29.6. The van der Waals surface area contributed by atoms with E-state index >= 15 is 0 Å². The van der Waals surface area contributed by atoms with E-state index in [0.717, 1.165) is 25.6 Å². The van der Waals surface area contributed by atoms with Crippen molar-refractivity contribution in [2.75, 3.05) is 44.4 Å². The maximum absolute atomic E-state index is 12.0. The SMILES string of the molecule is O=C(NCC1CCN(C2CCSCC2)CC1)C1CCOC1. The molecule has 0 aliphatic carbocycles. The summed E-state index contributed by atoms with van der Waals surface area (Å²) < 4.78 is 5.28. The molecule has 3 aliphatic rings. The van der Waals surface area contributed by atoms with E-state index in [0.29, 0.717) is 12.5 Å². The number of thioether (sulfide) groups is 1. The molecule has 3 heterocycles. The lowest BCUT2D eigenvalue weighted by Crippen LogP contribution is -2.45. The number of rotatable bonds is 4. The van der Waals surface area contributed by atoms with Gasteiger partial charge >= 0.3 is 0 Å². The maximum Gasteiger partial charge on any atom is 0.225 e. The minimum absolute atomic E-state index is 0.102. The van der Waals surface area contributed by atoms with Gasteiger partial charge in [0.25, 0.3) is 0 Å². The summed E-state index contributed by atoms with van der Waals surface area (Å²) in [5, 5.41) is 3.15. The quantitative estimate of drug-likeness (QED) is 0.859. The molecule has 0 saturated carbocycles. The first-order valence-electron chi connectivity index (χ1n) is 8.50. The molecule has 120 valence electrons. The fourth-order valence-corrected chi connectivity index (χ4v) is 4.78. The summed E-state index contributed by atoms with van der Waals surface area (Å²) in [6, 6.07) is 0.831. The lowest BCUT2D eigenvalue weighted by atomic mass is 9.94. The molecule has 0 aromatic carbocycles. The lowest BCUT2D eigenvalue weighted by molar-refractivity contribution is -0.125. The number of ether oxygens (including phenoxy) is 1. The maximum atomic E-state index is 12.0. The Morgan fingerprint density at radius 2 is 1.90 bits per heavy atom. The Morgan fingerprint density at radius 1 is 1.14 bits per heavy atom. The highest BCUT2D eigenvalue weighted by molar-refractivity contribution is 7.99.